The Balaban J connectivity index is 1.70. The van der Waals surface area contributed by atoms with Crippen LogP contribution >= 0.6 is 0 Å². The van der Waals surface area contributed by atoms with E-state index in [1.165, 1.54) is 5.56 Å². The highest BCUT2D eigenvalue weighted by atomic mass is 16.5. The number of ether oxygens (including phenoxy) is 3. The summed E-state index contributed by atoms with van der Waals surface area (Å²) in [5.41, 5.74) is 2.26. The minimum absolute atomic E-state index is 0.0225. The zero-order valence-electron chi connectivity index (χ0n) is 14.6. The zero-order valence-corrected chi connectivity index (χ0v) is 14.6. The molecule has 1 aliphatic heterocycles. The van der Waals surface area contributed by atoms with Crippen molar-refractivity contribution in [3.63, 3.8) is 0 Å². The van der Waals surface area contributed by atoms with Crippen LogP contribution < -0.4 is 19.5 Å². The Bertz CT molecular complexity index is 744. The summed E-state index contributed by atoms with van der Waals surface area (Å²) in [5.74, 6) is 2.60. The average Bonchev–Trinajstić information content (AvgIpc) is 2.66. The molecule has 1 N–H and O–H groups in total. The van der Waals surface area contributed by atoms with Crippen molar-refractivity contribution in [1.82, 2.24) is 5.32 Å². The van der Waals surface area contributed by atoms with Crippen molar-refractivity contribution in [2.45, 2.75) is 12.8 Å². The molecule has 1 atom stereocenters. The number of carbonyl (C=O) groups is 1. The lowest BCUT2D eigenvalue weighted by molar-refractivity contribution is -0.122. The maximum Gasteiger partial charge on any atom is 0.257 e. The standard InChI is InChI=1S/C20H23NO4/c1-21-19(22)13-24-17-8-4-3-6-15(17)10-14-11-16-7-5-9-18(23-2)20(16)25-12-14/h3-9,14H,10-13H2,1-2H3,(H,21,22)/t14-/m1/s1. The smallest absolute Gasteiger partial charge is 0.257 e. The first kappa shape index (κ1) is 17.1. The molecule has 2 aromatic carbocycles. The highest BCUT2D eigenvalue weighted by Crippen LogP contribution is 2.37. The second-order valence-corrected chi connectivity index (χ2v) is 6.10. The van der Waals surface area contributed by atoms with E-state index in [2.05, 4.69) is 11.4 Å². The topological polar surface area (TPSA) is 56.8 Å². The van der Waals surface area contributed by atoms with Crippen LogP contribution in [0.15, 0.2) is 42.5 Å². The van der Waals surface area contributed by atoms with Gasteiger partial charge < -0.3 is 19.5 Å². The molecular formula is C20H23NO4. The molecule has 0 aromatic heterocycles. The number of fused-ring (bicyclic) bond motifs is 1. The van der Waals surface area contributed by atoms with Crippen LogP contribution in [0.4, 0.5) is 0 Å². The van der Waals surface area contributed by atoms with E-state index in [-0.39, 0.29) is 12.5 Å². The number of hydrogen-bond acceptors (Lipinski definition) is 4. The van der Waals surface area contributed by atoms with Crippen molar-refractivity contribution in [2.75, 3.05) is 27.4 Å². The van der Waals surface area contributed by atoms with Gasteiger partial charge in [0.05, 0.1) is 13.7 Å². The van der Waals surface area contributed by atoms with Crippen molar-refractivity contribution in [1.29, 1.82) is 0 Å². The third-order valence-electron chi connectivity index (χ3n) is 4.37. The molecule has 0 saturated carbocycles. The van der Waals surface area contributed by atoms with Crippen molar-refractivity contribution in [3.05, 3.63) is 53.6 Å². The fourth-order valence-corrected chi connectivity index (χ4v) is 3.09. The van der Waals surface area contributed by atoms with Crippen LogP contribution in [0.25, 0.3) is 0 Å². The normalized spacial score (nSPS) is 15.7. The van der Waals surface area contributed by atoms with E-state index >= 15 is 0 Å². The lowest BCUT2D eigenvalue weighted by Crippen LogP contribution is -2.26. The number of para-hydroxylation sites is 2. The number of hydrogen-bond donors (Lipinski definition) is 1. The first-order valence-electron chi connectivity index (χ1n) is 8.41. The molecule has 5 heteroatoms. The van der Waals surface area contributed by atoms with Crippen LogP contribution in [0.5, 0.6) is 17.2 Å². The molecule has 0 bridgehead atoms. The van der Waals surface area contributed by atoms with E-state index in [1.807, 2.05) is 36.4 Å². The van der Waals surface area contributed by atoms with Gasteiger partial charge in [0.15, 0.2) is 18.1 Å². The molecule has 25 heavy (non-hydrogen) atoms. The second-order valence-electron chi connectivity index (χ2n) is 6.10. The molecule has 1 aliphatic rings. The fraction of sp³-hybridized carbons (Fsp3) is 0.350. The summed E-state index contributed by atoms with van der Waals surface area (Å²) in [6.07, 6.45) is 1.76. The molecule has 132 valence electrons. The maximum atomic E-state index is 11.4. The number of likely N-dealkylation sites (N-methyl/N-ethyl adjacent to an activating group) is 1. The van der Waals surface area contributed by atoms with Crippen LogP contribution in [0, 0.1) is 5.92 Å². The van der Waals surface area contributed by atoms with Gasteiger partial charge >= 0.3 is 0 Å². The van der Waals surface area contributed by atoms with Crippen molar-refractivity contribution in [3.8, 4) is 17.2 Å². The Morgan fingerprint density at radius 3 is 2.80 bits per heavy atom. The van der Waals surface area contributed by atoms with Crippen LogP contribution in [0.3, 0.4) is 0 Å². The summed E-state index contributed by atoms with van der Waals surface area (Å²) in [7, 11) is 3.26. The first-order chi connectivity index (χ1) is 12.2. The molecule has 0 radical (unpaired) electrons. The van der Waals surface area contributed by atoms with Crippen molar-refractivity contribution >= 4 is 5.91 Å². The summed E-state index contributed by atoms with van der Waals surface area (Å²) in [5, 5.41) is 2.56. The average molecular weight is 341 g/mol. The minimum Gasteiger partial charge on any atom is -0.493 e. The summed E-state index contributed by atoms with van der Waals surface area (Å²) >= 11 is 0. The van der Waals surface area contributed by atoms with E-state index in [0.717, 1.165) is 35.7 Å². The van der Waals surface area contributed by atoms with Crippen molar-refractivity contribution < 1.29 is 19.0 Å². The summed E-state index contributed by atoms with van der Waals surface area (Å²) in [6, 6.07) is 13.8. The van der Waals surface area contributed by atoms with Gasteiger partial charge in [-0.15, -0.1) is 0 Å². The van der Waals surface area contributed by atoms with Crippen LogP contribution in [0.2, 0.25) is 0 Å². The van der Waals surface area contributed by atoms with E-state index in [1.54, 1.807) is 14.2 Å². The molecule has 1 heterocycles. The SMILES string of the molecule is CNC(=O)COc1ccccc1C[C@H]1COc2c(cccc2OC)C1. The maximum absolute atomic E-state index is 11.4. The highest BCUT2D eigenvalue weighted by Gasteiger charge is 2.23. The molecule has 0 fully saturated rings. The number of carbonyl (C=O) groups excluding carboxylic acids is 1. The number of rotatable bonds is 6. The number of nitrogens with one attached hydrogen (secondary N) is 1. The van der Waals surface area contributed by atoms with Gasteiger partial charge in [-0.05, 0) is 36.1 Å². The van der Waals surface area contributed by atoms with Crippen molar-refractivity contribution in [2.24, 2.45) is 5.92 Å². The Hall–Kier alpha value is -2.69. The molecule has 0 unspecified atom stereocenters. The molecule has 3 rings (SSSR count). The summed E-state index contributed by atoms with van der Waals surface area (Å²) in [4.78, 5) is 11.4. The minimum atomic E-state index is -0.142. The molecular weight excluding hydrogens is 318 g/mol. The predicted molar refractivity (Wildman–Crippen MR) is 95.4 cm³/mol. The van der Waals surface area contributed by atoms with Gasteiger partial charge in [-0.3, -0.25) is 4.79 Å². The molecule has 0 spiro atoms. The molecule has 0 saturated heterocycles. The summed E-state index contributed by atoms with van der Waals surface area (Å²) < 4.78 is 17.0. The van der Waals surface area contributed by atoms with Gasteiger partial charge in [0.2, 0.25) is 0 Å². The zero-order chi connectivity index (χ0) is 17.6. The third kappa shape index (κ3) is 4.05. The molecule has 1 amide bonds. The van der Waals surface area contributed by atoms with Crippen LogP contribution in [0.1, 0.15) is 11.1 Å². The second kappa shape index (κ2) is 7.92. The Morgan fingerprint density at radius 1 is 1.20 bits per heavy atom. The monoisotopic (exact) mass is 341 g/mol. The highest BCUT2D eigenvalue weighted by molar-refractivity contribution is 5.77. The predicted octanol–water partition coefficient (Wildman–Crippen LogP) is 2.61. The molecule has 5 nitrogen and oxygen atoms in total. The quantitative estimate of drug-likeness (QED) is 0.877. The van der Waals surface area contributed by atoms with Gasteiger partial charge in [-0.25, -0.2) is 0 Å². The van der Waals surface area contributed by atoms with E-state index in [0.29, 0.717) is 12.5 Å². The molecule has 2 aromatic rings. The van der Waals surface area contributed by atoms with Gasteiger partial charge in [-0.1, -0.05) is 30.3 Å². The molecule has 0 aliphatic carbocycles. The Kier molecular flexibility index (Phi) is 5.43. The van der Waals surface area contributed by atoms with Crippen LogP contribution in [-0.4, -0.2) is 33.3 Å². The van der Waals surface area contributed by atoms with Gasteiger partial charge in [0.25, 0.3) is 5.91 Å². The van der Waals surface area contributed by atoms with Crippen LogP contribution in [-0.2, 0) is 17.6 Å². The summed E-state index contributed by atoms with van der Waals surface area (Å²) in [6.45, 7) is 0.659. The van der Waals surface area contributed by atoms with E-state index in [9.17, 15) is 4.79 Å². The Labute approximate surface area is 147 Å². The van der Waals surface area contributed by atoms with Gasteiger partial charge in [-0.2, -0.15) is 0 Å². The fourth-order valence-electron chi connectivity index (χ4n) is 3.09. The number of methoxy groups -OCH3 is 1. The lowest BCUT2D eigenvalue weighted by atomic mass is 9.90. The largest absolute Gasteiger partial charge is 0.493 e. The van der Waals surface area contributed by atoms with E-state index < -0.39 is 0 Å². The number of benzene rings is 2. The first-order valence-corrected chi connectivity index (χ1v) is 8.41. The third-order valence-corrected chi connectivity index (χ3v) is 4.37. The Morgan fingerprint density at radius 2 is 2.00 bits per heavy atom. The lowest BCUT2D eigenvalue weighted by Gasteiger charge is -2.27. The van der Waals surface area contributed by atoms with Gasteiger partial charge in [0.1, 0.15) is 5.75 Å². The van der Waals surface area contributed by atoms with Gasteiger partial charge in [0, 0.05) is 13.0 Å². The van der Waals surface area contributed by atoms with E-state index in [4.69, 9.17) is 14.2 Å². The number of amides is 1.